The van der Waals surface area contributed by atoms with Gasteiger partial charge in [0.15, 0.2) is 0 Å². The number of hydrogen-bond donors (Lipinski definition) is 1. The van der Waals surface area contributed by atoms with Gasteiger partial charge in [-0.15, -0.1) is 0 Å². The maximum atomic E-state index is 8.73. The standard InChI is InChI=1S/C17H21NO2/c19-13-7-1-2-8-14-20-17-11-4-3-9-15(17)16-10-5-6-12-18-16/h3-6,9-12,19H,1-2,7-8,13-14H2. The number of benzene rings is 1. The SMILES string of the molecule is OCCCCCCOc1ccccc1-c1ccccn1. The number of aromatic nitrogens is 1. The summed E-state index contributed by atoms with van der Waals surface area (Å²) in [5.74, 6) is 0.883. The molecule has 2 aromatic rings. The van der Waals surface area contributed by atoms with Crippen molar-refractivity contribution in [1.29, 1.82) is 0 Å². The molecular formula is C17H21NO2. The smallest absolute Gasteiger partial charge is 0.128 e. The van der Waals surface area contributed by atoms with Gasteiger partial charge < -0.3 is 9.84 Å². The number of nitrogens with zero attached hydrogens (tertiary/aromatic N) is 1. The highest BCUT2D eigenvalue weighted by Gasteiger charge is 2.05. The molecule has 3 nitrogen and oxygen atoms in total. The van der Waals surface area contributed by atoms with Gasteiger partial charge in [-0.25, -0.2) is 0 Å². The first-order valence-corrected chi connectivity index (χ1v) is 7.16. The molecule has 1 aromatic carbocycles. The molecule has 0 radical (unpaired) electrons. The summed E-state index contributed by atoms with van der Waals surface area (Å²) >= 11 is 0. The number of pyridine rings is 1. The fourth-order valence-corrected chi connectivity index (χ4v) is 2.08. The van der Waals surface area contributed by atoms with E-state index in [1.54, 1.807) is 6.20 Å². The third-order valence-corrected chi connectivity index (χ3v) is 3.14. The minimum atomic E-state index is 0.281. The van der Waals surface area contributed by atoms with E-state index in [4.69, 9.17) is 9.84 Å². The predicted octanol–water partition coefficient (Wildman–Crippen LogP) is 3.68. The van der Waals surface area contributed by atoms with Gasteiger partial charge in [-0.3, -0.25) is 4.98 Å². The van der Waals surface area contributed by atoms with E-state index in [1.807, 2.05) is 42.5 Å². The molecule has 0 aliphatic rings. The van der Waals surface area contributed by atoms with Crippen molar-refractivity contribution in [3.8, 4) is 17.0 Å². The van der Waals surface area contributed by atoms with Gasteiger partial charge in [0.1, 0.15) is 5.75 Å². The molecule has 0 bridgehead atoms. The fourth-order valence-electron chi connectivity index (χ4n) is 2.08. The topological polar surface area (TPSA) is 42.4 Å². The third kappa shape index (κ3) is 4.35. The zero-order valence-electron chi connectivity index (χ0n) is 11.7. The fraction of sp³-hybridized carbons (Fsp3) is 0.353. The first-order valence-electron chi connectivity index (χ1n) is 7.16. The zero-order valence-corrected chi connectivity index (χ0v) is 11.7. The van der Waals surface area contributed by atoms with Crippen LogP contribution in [0, 0.1) is 0 Å². The Labute approximate surface area is 120 Å². The van der Waals surface area contributed by atoms with Crippen LogP contribution in [0.1, 0.15) is 25.7 Å². The molecule has 0 aliphatic heterocycles. The molecule has 0 amide bonds. The molecule has 0 saturated carbocycles. The third-order valence-electron chi connectivity index (χ3n) is 3.14. The van der Waals surface area contributed by atoms with Crippen molar-refractivity contribution in [2.24, 2.45) is 0 Å². The van der Waals surface area contributed by atoms with Crippen molar-refractivity contribution in [3.05, 3.63) is 48.7 Å². The molecule has 20 heavy (non-hydrogen) atoms. The molecule has 0 atom stereocenters. The van der Waals surface area contributed by atoms with Gasteiger partial charge in [0.05, 0.1) is 12.3 Å². The molecule has 0 spiro atoms. The highest BCUT2D eigenvalue weighted by molar-refractivity contribution is 5.66. The summed E-state index contributed by atoms with van der Waals surface area (Å²) in [5, 5.41) is 8.73. The van der Waals surface area contributed by atoms with Crippen LogP contribution < -0.4 is 4.74 Å². The van der Waals surface area contributed by atoms with E-state index < -0.39 is 0 Å². The lowest BCUT2D eigenvalue weighted by atomic mass is 10.1. The average Bonchev–Trinajstić information content (AvgIpc) is 2.52. The van der Waals surface area contributed by atoms with Gasteiger partial charge in [-0.2, -0.15) is 0 Å². The largest absolute Gasteiger partial charge is 0.493 e. The van der Waals surface area contributed by atoms with Gasteiger partial charge >= 0.3 is 0 Å². The Morgan fingerprint density at radius 3 is 2.50 bits per heavy atom. The number of para-hydroxylation sites is 1. The van der Waals surface area contributed by atoms with Crippen LogP contribution in [-0.4, -0.2) is 23.3 Å². The summed E-state index contributed by atoms with van der Waals surface area (Å²) in [5.41, 5.74) is 1.96. The Morgan fingerprint density at radius 2 is 1.70 bits per heavy atom. The lowest BCUT2D eigenvalue weighted by molar-refractivity contribution is 0.273. The summed E-state index contributed by atoms with van der Waals surface area (Å²) in [6.45, 7) is 0.985. The Hall–Kier alpha value is -1.87. The molecule has 106 valence electrons. The average molecular weight is 271 g/mol. The number of aliphatic hydroxyl groups excluding tert-OH is 1. The summed E-state index contributed by atoms with van der Waals surface area (Å²) in [6, 6.07) is 13.9. The molecule has 0 fully saturated rings. The van der Waals surface area contributed by atoms with Gasteiger partial charge in [0.25, 0.3) is 0 Å². The molecule has 0 aliphatic carbocycles. The molecule has 3 heteroatoms. The van der Waals surface area contributed by atoms with E-state index in [9.17, 15) is 0 Å². The summed E-state index contributed by atoms with van der Waals surface area (Å²) in [7, 11) is 0. The molecule has 1 heterocycles. The number of unbranched alkanes of at least 4 members (excludes halogenated alkanes) is 3. The lowest BCUT2D eigenvalue weighted by Crippen LogP contribution is -1.99. The second-order valence-electron chi connectivity index (χ2n) is 4.70. The lowest BCUT2D eigenvalue weighted by Gasteiger charge is -2.10. The quantitative estimate of drug-likeness (QED) is 0.745. The highest BCUT2D eigenvalue weighted by atomic mass is 16.5. The van der Waals surface area contributed by atoms with E-state index in [-0.39, 0.29) is 6.61 Å². The van der Waals surface area contributed by atoms with Crippen molar-refractivity contribution in [1.82, 2.24) is 4.98 Å². The van der Waals surface area contributed by atoms with Crippen molar-refractivity contribution < 1.29 is 9.84 Å². The van der Waals surface area contributed by atoms with Gasteiger partial charge in [0, 0.05) is 18.4 Å². The number of rotatable bonds is 8. The van der Waals surface area contributed by atoms with E-state index in [2.05, 4.69) is 4.98 Å². The van der Waals surface area contributed by atoms with Crippen LogP contribution in [0.15, 0.2) is 48.7 Å². The molecule has 0 unspecified atom stereocenters. The van der Waals surface area contributed by atoms with Crippen LogP contribution in [-0.2, 0) is 0 Å². The van der Waals surface area contributed by atoms with Crippen LogP contribution >= 0.6 is 0 Å². The number of ether oxygens (including phenoxy) is 1. The van der Waals surface area contributed by atoms with Crippen LogP contribution in [0.4, 0.5) is 0 Å². The van der Waals surface area contributed by atoms with Crippen molar-refractivity contribution >= 4 is 0 Å². The number of aliphatic hydroxyl groups is 1. The van der Waals surface area contributed by atoms with E-state index in [0.717, 1.165) is 42.7 Å². The molecule has 0 saturated heterocycles. The molecule has 1 N–H and O–H groups in total. The van der Waals surface area contributed by atoms with Gasteiger partial charge in [0.2, 0.25) is 0 Å². The summed E-state index contributed by atoms with van der Waals surface area (Å²) in [4.78, 5) is 4.37. The monoisotopic (exact) mass is 271 g/mol. The molecule has 2 rings (SSSR count). The molecule has 1 aromatic heterocycles. The Balaban J connectivity index is 1.92. The van der Waals surface area contributed by atoms with Crippen LogP contribution in [0.3, 0.4) is 0 Å². The van der Waals surface area contributed by atoms with Crippen LogP contribution in [0.25, 0.3) is 11.3 Å². The Morgan fingerprint density at radius 1 is 0.900 bits per heavy atom. The first-order chi connectivity index (χ1) is 9.92. The highest BCUT2D eigenvalue weighted by Crippen LogP contribution is 2.28. The number of hydrogen-bond acceptors (Lipinski definition) is 3. The van der Waals surface area contributed by atoms with Crippen LogP contribution in [0.5, 0.6) is 5.75 Å². The minimum Gasteiger partial charge on any atom is -0.493 e. The summed E-state index contributed by atoms with van der Waals surface area (Å²) < 4.78 is 5.87. The Bertz CT molecular complexity index is 499. The van der Waals surface area contributed by atoms with Crippen molar-refractivity contribution in [3.63, 3.8) is 0 Å². The van der Waals surface area contributed by atoms with E-state index in [1.165, 1.54) is 0 Å². The minimum absolute atomic E-state index is 0.281. The summed E-state index contributed by atoms with van der Waals surface area (Å²) in [6.07, 6.45) is 5.83. The van der Waals surface area contributed by atoms with Gasteiger partial charge in [-0.05, 0) is 43.5 Å². The maximum absolute atomic E-state index is 8.73. The van der Waals surface area contributed by atoms with Crippen molar-refractivity contribution in [2.75, 3.05) is 13.2 Å². The van der Waals surface area contributed by atoms with Crippen molar-refractivity contribution in [2.45, 2.75) is 25.7 Å². The molecular weight excluding hydrogens is 250 g/mol. The van der Waals surface area contributed by atoms with Crippen LogP contribution in [0.2, 0.25) is 0 Å². The maximum Gasteiger partial charge on any atom is 0.128 e. The second kappa shape index (κ2) is 8.33. The normalized spacial score (nSPS) is 10.4. The second-order valence-corrected chi connectivity index (χ2v) is 4.70. The first kappa shape index (κ1) is 14.5. The Kier molecular flexibility index (Phi) is 6.06. The predicted molar refractivity (Wildman–Crippen MR) is 80.7 cm³/mol. The van der Waals surface area contributed by atoms with E-state index in [0.29, 0.717) is 6.61 Å². The van der Waals surface area contributed by atoms with Gasteiger partial charge in [-0.1, -0.05) is 24.6 Å². The zero-order chi connectivity index (χ0) is 14.0. The van der Waals surface area contributed by atoms with E-state index >= 15 is 0 Å².